The Balaban J connectivity index is 1.75. The molecule has 0 fully saturated rings. The SMILES string of the molecule is Cc1nc2ccc(NC(=O)Cc3ccccc3Cl)cc2o1. The van der Waals surface area contributed by atoms with Crippen molar-refractivity contribution in [1.82, 2.24) is 4.98 Å². The van der Waals surface area contributed by atoms with Gasteiger partial charge in [0.05, 0.1) is 6.42 Å². The van der Waals surface area contributed by atoms with E-state index in [-0.39, 0.29) is 12.3 Å². The van der Waals surface area contributed by atoms with Crippen molar-refractivity contribution in [2.75, 3.05) is 5.32 Å². The topological polar surface area (TPSA) is 55.1 Å². The van der Waals surface area contributed by atoms with Gasteiger partial charge in [0.25, 0.3) is 0 Å². The summed E-state index contributed by atoms with van der Waals surface area (Å²) in [5.74, 6) is 0.475. The number of anilines is 1. The number of amides is 1. The van der Waals surface area contributed by atoms with Crippen molar-refractivity contribution >= 4 is 34.3 Å². The molecular weight excluding hydrogens is 288 g/mol. The molecule has 4 nitrogen and oxygen atoms in total. The molecule has 0 radical (unpaired) electrons. The third kappa shape index (κ3) is 3.06. The fourth-order valence-corrected chi connectivity index (χ4v) is 2.34. The average Bonchev–Trinajstić information content (AvgIpc) is 2.80. The van der Waals surface area contributed by atoms with Gasteiger partial charge in [-0.15, -0.1) is 0 Å². The molecule has 0 aliphatic rings. The smallest absolute Gasteiger partial charge is 0.228 e. The molecule has 0 atom stereocenters. The van der Waals surface area contributed by atoms with Crippen molar-refractivity contribution in [3.05, 3.63) is 58.9 Å². The lowest BCUT2D eigenvalue weighted by Crippen LogP contribution is -2.14. The van der Waals surface area contributed by atoms with E-state index in [1.165, 1.54) is 0 Å². The second-order valence-electron chi connectivity index (χ2n) is 4.73. The first-order valence-electron chi connectivity index (χ1n) is 6.52. The second-order valence-corrected chi connectivity index (χ2v) is 5.14. The number of halogens is 1. The summed E-state index contributed by atoms with van der Waals surface area (Å²) in [5, 5.41) is 3.43. The van der Waals surface area contributed by atoms with Crippen LogP contribution in [0.2, 0.25) is 5.02 Å². The quantitative estimate of drug-likeness (QED) is 0.796. The van der Waals surface area contributed by atoms with Crippen molar-refractivity contribution in [2.24, 2.45) is 0 Å². The summed E-state index contributed by atoms with van der Waals surface area (Å²) in [6.07, 6.45) is 0.229. The first-order chi connectivity index (χ1) is 10.1. The van der Waals surface area contributed by atoms with Crippen LogP contribution >= 0.6 is 11.6 Å². The number of hydrogen-bond acceptors (Lipinski definition) is 3. The van der Waals surface area contributed by atoms with Crippen LogP contribution < -0.4 is 5.32 Å². The van der Waals surface area contributed by atoms with Crippen LogP contribution in [0.3, 0.4) is 0 Å². The van der Waals surface area contributed by atoms with E-state index in [4.69, 9.17) is 16.0 Å². The van der Waals surface area contributed by atoms with E-state index in [0.717, 1.165) is 11.1 Å². The highest BCUT2D eigenvalue weighted by Gasteiger charge is 2.09. The molecule has 1 amide bonds. The molecular formula is C16H13ClN2O2. The highest BCUT2D eigenvalue weighted by atomic mass is 35.5. The lowest BCUT2D eigenvalue weighted by molar-refractivity contribution is -0.115. The van der Waals surface area contributed by atoms with Crippen molar-refractivity contribution < 1.29 is 9.21 Å². The number of aryl methyl sites for hydroxylation is 1. The summed E-state index contributed by atoms with van der Waals surface area (Å²) in [6.45, 7) is 1.79. The van der Waals surface area contributed by atoms with Crippen LogP contribution in [-0.2, 0) is 11.2 Å². The van der Waals surface area contributed by atoms with Gasteiger partial charge in [-0.3, -0.25) is 4.79 Å². The first-order valence-corrected chi connectivity index (χ1v) is 6.90. The Morgan fingerprint density at radius 2 is 2.10 bits per heavy atom. The first kappa shape index (κ1) is 13.6. The van der Waals surface area contributed by atoms with E-state index in [2.05, 4.69) is 10.3 Å². The summed E-state index contributed by atoms with van der Waals surface area (Å²) in [6, 6.07) is 12.7. The number of rotatable bonds is 3. The number of nitrogens with one attached hydrogen (secondary N) is 1. The van der Waals surface area contributed by atoms with Crippen molar-refractivity contribution in [3.8, 4) is 0 Å². The maximum absolute atomic E-state index is 12.1. The number of nitrogens with zero attached hydrogens (tertiary/aromatic N) is 1. The molecule has 0 unspecified atom stereocenters. The number of aromatic nitrogens is 1. The van der Waals surface area contributed by atoms with Gasteiger partial charge in [0.15, 0.2) is 11.5 Å². The number of carbonyl (C=O) groups excluding carboxylic acids is 1. The summed E-state index contributed by atoms with van der Waals surface area (Å²) >= 11 is 6.05. The molecule has 3 rings (SSSR count). The van der Waals surface area contributed by atoms with Gasteiger partial charge in [-0.05, 0) is 23.8 Å². The van der Waals surface area contributed by atoms with Gasteiger partial charge in [-0.2, -0.15) is 0 Å². The van der Waals surface area contributed by atoms with Crippen LogP contribution in [0, 0.1) is 6.92 Å². The maximum Gasteiger partial charge on any atom is 0.228 e. The molecule has 2 aromatic carbocycles. The fourth-order valence-electron chi connectivity index (χ4n) is 2.14. The Morgan fingerprint density at radius 3 is 2.90 bits per heavy atom. The Labute approximate surface area is 126 Å². The third-order valence-electron chi connectivity index (χ3n) is 3.09. The van der Waals surface area contributed by atoms with Gasteiger partial charge in [-0.25, -0.2) is 4.98 Å². The summed E-state index contributed by atoms with van der Waals surface area (Å²) in [4.78, 5) is 16.3. The minimum Gasteiger partial charge on any atom is -0.441 e. The average molecular weight is 301 g/mol. The van der Waals surface area contributed by atoms with Crippen LogP contribution in [0.5, 0.6) is 0 Å². The van der Waals surface area contributed by atoms with Crippen LogP contribution in [-0.4, -0.2) is 10.9 Å². The van der Waals surface area contributed by atoms with Gasteiger partial charge in [0.1, 0.15) is 5.52 Å². The normalized spacial score (nSPS) is 10.8. The molecule has 0 saturated heterocycles. The lowest BCUT2D eigenvalue weighted by Gasteiger charge is -2.06. The molecule has 106 valence electrons. The zero-order valence-corrected chi connectivity index (χ0v) is 12.1. The summed E-state index contributed by atoms with van der Waals surface area (Å²) in [7, 11) is 0. The second kappa shape index (κ2) is 5.58. The molecule has 1 aromatic heterocycles. The lowest BCUT2D eigenvalue weighted by atomic mass is 10.1. The molecule has 0 aliphatic carbocycles. The molecule has 3 aromatic rings. The molecule has 0 saturated carbocycles. The number of oxazole rings is 1. The highest BCUT2D eigenvalue weighted by Crippen LogP contribution is 2.21. The molecule has 5 heteroatoms. The number of carbonyl (C=O) groups is 1. The van der Waals surface area contributed by atoms with Gasteiger partial charge >= 0.3 is 0 Å². The van der Waals surface area contributed by atoms with E-state index in [1.807, 2.05) is 24.3 Å². The Hall–Kier alpha value is -2.33. The Kier molecular flexibility index (Phi) is 3.62. The van der Waals surface area contributed by atoms with E-state index in [9.17, 15) is 4.79 Å². The summed E-state index contributed by atoms with van der Waals surface area (Å²) in [5.41, 5.74) is 2.91. The largest absolute Gasteiger partial charge is 0.441 e. The van der Waals surface area contributed by atoms with Gasteiger partial charge < -0.3 is 9.73 Å². The number of hydrogen-bond donors (Lipinski definition) is 1. The van der Waals surface area contributed by atoms with Crippen LogP contribution in [0.4, 0.5) is 5.69 Å². The van der Waals surface area contributed by atoms with Crippen LogP contribution in [0.1, 0.15) is 11.5 Å². The Morgan fingerprint density at radius 1 is 1.29 bits per heavy atom. The van der Waals surface area contributed by atoms with E-state index >= 15 is 0 Å². The van der Waals surface area contributed by atoms with Crippen LogP contribution in [0.25, 0.3) is 11.1 Å². The standard InChI is InChI=1S/C16H13ClN2O2/c1-10-18-14-7-6-12(9-15(14)21-10)19-16(20)8-11-4-2-3-5-13(11)17/h2-7,9H,8H2,1H3,(H,19,20). The third-order valence-corrected chi connectivity index (χ3v) is 3.46. The molecule has 0 spiro atoms. The van der Waals surface area contributed by atoms with Crippen LogP contribution in [0.15, 0.2) is 46.9 Å². The van der Waals surface area contributed by atoms with Crippen molar-refractivity contribution in [3.63, 3.8) is 0 Å². The zero-order chi connectivity index (χ0) is 14.8. The zero-order valence-electron chi connectivity index (χ0n) is 11.4. The minimum absolute atomic E-state index is 0.126. The van der Waals surface area contributed by atoms with Gasteiger partial charge in [0, 0.05) is 23.7 Å². The van der Waals surface area contributed by atoms with E-state index < -0.39 is 0 Å². The monoisotopic (exact) mass is 300 g/mol. The molecule has 0 bridgehead atoms. The number of fused-ring (bicyclic) bond motifs is 1. The molecule has 0 aliphatic heterocycles. The van der Waals surface area contributed by atoms with Crippen molar-refractivity contribution in [2.45, 2.75) is 13.3 Å². The van der Waals surface area contributed by atoms with Gasteiger partial charge in [0.2, 0.25) is 5.91 Å². The van der Waals surface area contributed by atoms with Crippen molar-refractivity contribution in [1.29, 1.82) is 0 Å². The molecule has 21 heavy (non-hydrogen) atoms. The Bertz CT molecular complexity index is 811. The maximum atomic E-state index is 12.1. The van der Waals surface area contributed by atoms with Gasteiger partial charge in [-0.1, -0.05) is 29.8 Å². The fraction of sp³-hybridized carbons (Fsp3) is 0.125. The highest BCUT2D eigenvalue weighted by molar-refractivity contribution is 6.31. The molecule has 1 N–H and O–H groups in total. The minimum atomic E-state index is -0.126. The summed E-state index contributed by atoms with van der Waals surface area (Å²) < 4.78 is 5.44. The molecule has 1 heterocycles. The van der Waals surface area contributed by atoms with E-state index in [0.29, 0.717) is 22.2 Å². The van der Waals surface area contributed by atoms with E-state index in [1.54, 1.807) is 25.1 Å². The predicted octanol–water partition coefficient (Wildman–Crippen LogP) is 3.97. The predicted molar refractivity (Wildman–Crippen MR) is 82.5 cm³/mol. The number of benzene rings is 2.